The van der Waals surface area contributed by atoms with E-state index >= 15 is 0 Å². The zero-order valence-corrected chi connectivity index (χ0v) is 10.5. The van der Waals surface area contributed by atoms with Gasteiger partial charge in [-0.2, -0.15) is 0 Å². The third-order valence-corrected chi connectivity index (χ3v) is 1.36. The molecule has 0 aliphatic heterocycles. The fourth-order valence-electron chi connectivity index (χ4n) is 0.385. The van der Waals surface area contributed by atoms with Gasteiger partial charge in [0.05, 0.1) is 11.9 Å². The number of hydrogen-bond donors (Lipinski definition) is 0. The van der Waals surface area contributed by atoms with Crippen molar-refractivity contribution in [3.8, 4) is 0 Å². The molecule has 1 aromatic rings. The number of carboxylic acid groups (broad SMARTS) is 2. The molecule has 4 nitrogen and oxygen atoms in total. The van der Waals surface area contributed by atoms with Crippen LogP contribution in [0.25, 0.3) is 0 Å². The maximum absolute atomic E-state index is 9.49. The van der Waals surface area contributed by atoms with E-state index in [0.29, 0.717) is 0 Å². The SMILES string of the molecule is C=C(C)C(=O)[O-].C=C(C)C(=O)[O-].c1ccccc1. The Kier molecular flexibility index (Phi) is 11.1. The van der Waals surface area contributed by atoms with Gasteiger partial charge in [-0.1, -0.05) is 49.6 Å². The van der Waals surface area contributed by atoms with Crippen LogP contribution >= 0.6 is 0 Å². The molecule has 0 heterocycles. The van der Waals surface area contributed by atoms with Crippen molar-refractivity contribution in [3.63, 3.8) is 0 Å². The highest BCUT2D eigenvalue weighted by Gasteiger charge is 1.76. The fourth-order valence-corrected chi connectivity index (χ4v) is 0.385. The lowest BCUT2D eigenvalue weighted by Crippen LogP contribution is -2.22. The van der Waals surface area contributed by atoms with Crippen LogP contribution < -0.4 is 10.2 Å². The average Bonchev–Trinajstić information content (AvgIpc) is 2.32. The van der Waals surface area contributed by atoms with E-state index in [1.165, 1.54) is 13.8 Å². The third kappa shape index (κ3) is 16.1. The van der Waals surface area contributed by atoms with Crippen LogP contribution in [-0.4, -0.2) is 11.9 Å². The van der Waals surface area contributed by atoms with E-state index in [9.17, 15) is 19.8 Å². The number of benzene rings is 1. The predicted molar refractivity (Wildman–Crippen MR) is 66.1 cm³/mol. The van der Waals surface area contributed by atoms with E-state index < -0.39 is 11.9 Å². The molecule has 0 fully saturated rings. The fraction of sp³-hybridized carbons (Fsp3) is 0.143. The summed E-state index contributed by atoms with van der Waals surface area (Å²) in [6, 6.07) is 12.0. The summed E-state index contributed by atoms with van der Waals surface area (Å²) in [6.45, 7) is 8.95. The second-order valence-electron chi connectivity index (χ2n) is 3.29. The van der Waals surface area contributed by atoms with Crippen LogP contribution in [0.5, 0.6) is 0 Å². The van der Waals surface area contributed by atoms with Crippen molar-refractivity contribution in [2.24, 2.45) is 0 Å². The summed E-state index contributed by atoms with van der Waals surface area (Å²) in [5.74, 6) is -2.37. The number of carboxylic acids is 2. The quantitative estimate of drug-likeness (QED) is 0.705. The van der Waals surface area contributed by atoms with Gasteiger partial charge in [-0.3, -0.25) is 0 Å². The molecule has 0 aliphatic rings. The van der Waals surface area contributed by atoms with Gasteiger partial charge in [0, 0.05) is 0 Å². The van der Waals surface area contributed by atoms with Gasteiger partial charge < -0.3 is 19.8 Å². The molecule has 0 amide bonds. The van der Waals surface area contributed by atoms with Crippen molar-refractivity contribution in [3.05, 3.63) is 60.7 Å². The highest BCUT2D eigenvalue weighted by Crippen LogP contribution is 1.80. The van der Waals surface area contributed by atoms with Gasteiger partial charge in [-0.05, 0) is 25.0 Å². The largest absolute Gasteiger partial charge is 0.545 e. The van der Waals surface area contributed by atoms with E-state index in [2.05, 4.69) is 13.2 Å². The van der Waals surface area contributed by atoms with Crippen LogP contribution in [-0.2, 0) is 9.59 Å². The Balaban J connectivity index is 0. The van der Waals surface area contributed by atoms with Crippen molar-refractivity contribution in [2.45, 2.75) is 13.8 Å². The molecule has 0 atom stereocenters. The zero-order valence-electron chi connectivity index (χ0n) is 10.5. The number of carbonyl (C=O) groups is 2. The molecule has 4 heteroatoms. The summed E-state index contributed by atoms with van der Waals surface area (Å²) in [5.41, 5.74) is 0.130. The Morgan fingerprint density at radius 1 is 0.722 bits per heavy atom. The van der Waals surface area contributed by atoms with Gasteiger partial charge in [-0.15, -0.1) is 0 Å². The summed E-state index contributed by atoms with van der Waals surface area (Å²) < 4.78 is 0. The van der Waals surface area contributed by atoms with Crippen LogP contribution in [0.4, 0.5) is 0 Å². The Bertz CT molecular complexity index is 319. The van der Waals surface area contributed by atoms with Gasteiger partial charge in [-0.25, -0.2) is 0 Å². The molecule has 0 saturated heterocycles. The van der Waals surface area contributed by atoms with Gasteiger partial charge >= 0.3 is 0 Å². The highest BCUT2D eigenvalue weighted by molar-refractivity contribution is 5.83. The van der Waals surface area contributed by atoms with Crippen molar-refractivity contribution in [1.82, 2.24) is 0 Å². The Labute approximate surface area is 107 Å². The molecule has 0 spiro atoms. The smallest absolute Gasteiger partial charge is 0.0666 e. The molecular weight excluding hydrogens is 232 g/mol. The van der Waals surface area contributed by atoms with Gasteiger partial charge in [0.15, 0.2) is 0 Å². The minimum Gasteiger partial charge on any atom is -0.545 e. The van der Waals surface area contributed by atoms with Crippen molar-refractivity contribution >= 4 is 11.9 Å². The Morgan fingerprint density at radius 2 is 0.833 bits per heavy atom. The van der Waals surface area contributed by atoms with Crippen LogP contribution in [0.15, 0.2) is 60.7 Å². The van der Waals surface area contributed by atoms with E-state index in [1.54, 1.807) is 0 Å². The molecule has 98 valence electrons. The third-order valence-electron chi connectivity index (χ3n) is 1.36. The number of carbonyl (C=O) groups excluding carboxylic acids is 2. The van der Waals surface area contributed by atoms with Crippen molar-refractivity contribution in [1.29, 1.82) is 0 Å². The number of hydrogen-bond acceptors (Lipinski definition) is 4. The minimum absolute atomic E-state index is 0.0648. The van der Waals surface area contributed by atoms with Crippen LogP contribution in [0, 0.1) is 0 Å². The monoisotopic (exact) mass is 248 g/mol. The van der Waals surface area contributed by atoms with Crippen LogP contribution in [0.2, 0.25) is 0 Å². The molecular formula is C14H16O4-2. The lowest BCUT2D eigenvalue weighted by Gasteiger charge is -1.93. The van der Waals surface area contributed by atoms with Crippen LogP contribution in [0.3, 0.4) is 0 Å². The zero-order chi connectivity index (χ0) is 14.6. The van der Waals surface area contributed by atoms with E-state index in [1.807, 2.05) is 36.4 Å². The lowest BCUT2D eigenvalue weighted by atomic mass is 10.4. The number of rotatable bonds is 2. The second kappa shape index (κ2) is 11.1. The first-order valence-electron chi connectivity index (χ1n) is 5.02. The first-order chi connectivity index (χ1) is 8.29. The Morgan fingerprint density at radius 3 is 0.889 bits per heavy atom. The minimum atomic E-state index is -1.19. The van der Waals surface area contributed by atoms with E-state index in [4.69, 9.17) is 0 Å². The summed E-state index contributed by atoms with van der Waals surface area (Å²) in [7, 11) is 0. The maximum Gasteiger partial charge on any atom is 0.0666 e. The van der Waals surface area contributed by atoms with Crippen LogP contribution in [0.1, 0.15) is 13.8 Å². The molecule has 0 aliphatic carbocycles. The molecule has 0 radical (unpaired) electrons. The summed E-state index contributed by atoms with van der Waals surface area (Å²) in [6.07, 6.45) is 0. The molecule has 0 unspecified atom stereocenters. The second-order valence-corrected chi connectivity index (χ2v) is 3.29. The van der Waals surface area contributed by atoms with Gasteiger partial charge in [0.1, 0.15) is 0 Å². The predicted octanol–water partition coefficient (Wildman–Crippen LogP) is 0.311. The first kappa shape index (κ1) is 18.0. The van der Waals surface area contributed by atoms with Crippen molar-refractivity contribution in [2.75, 3.05) is 0 Å². The highest BCUT2D eigenvalue weighted by atomic mass is 16.4. The molecule has 0 N–H and O–H groups in total. The molecule has 18 heavy (non-hydrogen) atoms. The normalized spacial score (nSPS) is 7.67. The molecule has 0 saturated carbocycles. The molecule has 1 aromatic carbocycles. The standard InChI is InChI=1S/C6H6.2C4H6O2/c1-2-4-6-5-3-1;2*1-3(2)4(5)6/h1-6H;2*1H2,2H3,(H,5,6)/p-2. The molecule has 1 rings (SSSR count). The number of aliphatic carboxylic acids is 2. The van der Waals surface area contributed by atoms with E-state index in [0.717, 1.165) is 0 Å². The average molecular weight is 248 g/mol. The summed E-state index contributed by atoms with van der Waals surface area (Å²) >= 11 is 0. The molecule has 0 aromatic heterocycles. The maximum atomic E-state index is 9.49. The first-order valence-corrected chi connectivity index (χ1v) is 5.02. The summed E-state index contributed by atoms with van der Waals surface area (Å²) in [4.78, 5) is 19.0. The topological polar surface area (TPSA) is 80.3 Å². The van der Waals surface area contributed by atoms with E-state index in [-0.39, 0.29) is 11.1 Å². The lowest BCUT2D eigenvalue weighted by molar-refractivity contribution is -0.300. The Hall–Kier alpha value is -2.36. The molecule has 0 bridgehead atoms. The van der Waals surface area contributed by atoms with Gasteiger partial charge in [0.25, 0.3) is 0 Å². The summed E-state index contributed by atoms with van der Waals surface area (Å²) in [5, 5.41) is 19.0. The van der Waals surface area contributed by atoms with Gasteiger partial charge in [0.2, 0.25) is 0 Å². The van der Waals surface area contributed by atoms with Crippen molar-refractivity contribution < 1.29 is 19.8 Å².